The number of sulfonamides is 1. The third-order valence-electron chi connectivity index (χ3n) is 3.34. The van der Waals surface area contributed by atoms with Crippen LogP contribution in [0.25, 0.3) is 0 Å². The Hall–Kier alpha value is -0.820. The van der Waals surface area contributed by atoms with Crippen molar-refractivity contribution in [3.8, 4) is 0 Å². The topological polar surface area (TPSA) is 75.4 Å². The number of nitrogens with zero attached hydrogens (tertiary/aromatic N) is 1. The molecule has 0 spiro atoms. The Balaban J connectivity index is 3.10. The number of halogens is 1. The first kappa shape index (κ1) is 18.2. The number of benzene rings is 1. The van der Waals surface area contributed by atoms with E-state index in [9.17, 15) is 8.42 Å². The van der Waals surface area contributed by atoms with E-state index in [1.54, 1.807) is 6.92 Å². The molecule has 0 aliphatic rings. The number of anilines is 1. The summed E-state index contributed by atoms with van der Waals surface area (Å²) in [4.78, 5) is 2.05. The maximum atomic E-state index is 12.5. The van der Waals surface area contributed by atoms with Crippen LogP contribution in [0.4, 0.5) is 5.69 Å². The van der Waals surface area contributed by atoms with Crippen LogP contribution in [-0.4, -0.2) is 40.0 Å². The number of likely N-dealkylation sites (N-methyl/N-ethyl adjacent to an activating group) is 1. The summed E-state index contributed by atoms with van der Waals surface area (Å²) in [5.74, 6) is 0.167. The molecule has 3 N–H and O–H groups in total. The summed E-state index contributed by atoms with van der Waals surface area (Å²) in [5.41, 5.74) is 6.86. The fourth-order valence-electron chi connectivity index (χ4n) is 1.87. The van der Waals surface area contributed by atoms with Crippen LogP contribution in [-0.2, 0) is 10.0 Å². The average molecular weight is 334 g/mol. The summed E-state index contributed by atoms with van der Waals surface area (Å²) < 4.78 is 27.7. The molecule has 1 aromatic carbocycles. The van der Waals surface area contributed by atoms with Crippen LogP contribution in [0, 0.1) is 12.8 Å². The van der Waals surface area contributed by atoms with Gasteiger partial charge in [-0.25, -0.2) is 13.1 Å². The second-order valence-corrected chi connectivity index (χ2v) is 7.97. The quantitative estimate of drug-likeness (QED) is 0.782. The smallest absolute Gasteiger partial charge is 0.240 e. The van der Waals surface area contributed by atoms with Crippen molar-refractivity contribution < 1.29 is 8.42 Å². The van der Waals surface area contributed by atoms with Crippen LogP contribution in [0.15, 0.2) is 17.0 Å². The first-order valence-electron chi connectivity index (χ1n) is 6.77. The monoisotopic (exact) mass is 333 g/mol. The van der Waals surface area contributed by atoms with Gasteiger partial charge in [-0.05, 0) is 44.6 Å². The molecule has 1 rings (SSSR count). The summed E-state index contributed by atoms with van der Waals surface area (Å²) in [7, 11) is 0.161. The van der Waals surface area contributed by atoms with Crippen LogP contribution < -0.4 is 10.5 Å². The largest absolute Gasteiger partial charge is 0.398 e. The highest BCUT2D eigenvalue weighted by Gasteiger charge is 2.24. The van der Waals surface area contributed by atoms with E-state index in [2.05, 4.69) is 4.72 Å². The predicted molar refractivity (Wildman–Crippen MR) is 88.1 cm³/mol. The Morgan fingerprint density at radius 3 is 2.33 bits per heavy atom. The molecule has 0 heterocycles. The van der Waals surface area contributed by atoms with Gasteiger partial charge in [0.1, 0.15) is 0 Å². The number of rotatable bonds is 6. The van der Waals surface area contributed by atoms with Gasteiger partial charge in [0.25, 0.3) is 0 Å². The standard InChI is InChI=1S/C14H24ClN3O2S/c1-9(2)14(8-18(4)5)17-21(19,20)11-6-12(15)10(3)13(16)7-11/h6-7,9,14,17H,8,16H2,1-5H3. The molecule has 5 nitrogen and oxygen atoms in total. The van der Waals surface area contributed by atoms with Gasteiger partial charge in [0.15, 0.2) is 0 Å². The number of nitrogen functional groups attached to an aromatic ring is 1. The summed E-state index contributed by atoms with van der Waals surface area (Å²) in [6.07, 6.45) is 0. The molecule has 0 saturated heterocycles. The zero-order chi connectivity index (χ0) is 16.4. The van der Waals surface area contributed by atoms with Gasteiger partial charge in [0, 0.05) is 23.3 Å². The fraction of sp³-hybridized carbons (Fsp3) is 0.571. The van der Waals surface area contributed by atoms with Crippen molar-refractivity contribution >= 4 is 27.3 Å². The van der Waals surface area contributed by atoms with E-state index in [1.165, 1.54) is 12.1 Å². The summed E-state index contributed by atoms with van der Waals surface area (Å²) in [6.45, 7) is 6.33. The average Bonchev–Trinajstić information content (AvgIpc) is 2.33. The highest BCUT2D eigenvalue weighted by Crippen LogP contribution is 2.26. The van der Waals surface area contributed by atoms with Gasteiger partial charge in [0.05, 0.1) is 4.90 Å². The number of nitrogens with two attached hydrogens (primary N) is 1. The van der Waals surface area contributed by atoms with E-state index < -0.39 is 10.0 Å². The summed E-state index contributed by atoms with van der Waals surface area (Å²) in [5, 5.41) is 0.351. The summed E-state index contributed by atoms with van der Waals surface area (Å²) in [6, 6.07) is 2.69. The maximum absolute atomic E-state index is 12.5. The molecule has 0 bridgehead atoms. The number of hydrogen-bond donors (Lipinski definition) is 2. The molecule has 7 heteroatoms. The highest BCUT2D eigenvalue weighted by atomic mass is 35.5. The first-order chi connectivity index (χ1) is 9.54. The van der Waals surface area contributed by atoms with Gasteiger partial charge in [-0.2, -0.15) is 0 Å². The van der Waals surface area contributed by atoms with Crippen molar-refractivity contribution in [2.75, 3.05) is 26.4 Å². The molecule has 0 saturated carbocycles. The van der Waals surface area contributed by atoms with E-state index in [0.29, 0.717) is 22.8 Å². The lowest BCUT2D eigenvalue weighted by atomic mass is 10.1. The molecule has 0 radical (unpaired) electrons. The lowest BCUT2D eigenvalue weighted by Gasteiger charge is -2.25. The SMILES string of the molecule is Cc1c(N)cc(S(=O)(=O)NC(CN(C)C)C(C)C)cc1Cl. The van der Waals surface area contributed by atoms with Crippen molar-refractivity contribution in [2.45, 2.75) is 31.7 Å². The van der Waals surface area contributed by atoms with Gasteiger partial charge in [0.2, 0.25) is 10.0 Å². The van der Waals surface area contributed by atoms with Crippen molar-refractivity contribution in [1.82, 2.24) is 9.62 Å². The number of hydrogen-bond acceptors (Lipinski definition) is 4. The zero-order valence-electron chi connectivity index (χ0n) is 13.1. The van der Waals surface area contributed by atoms with Crippen LogP contribution in [0.1, 0.15) is 19.4 Å². The lowest BCUT2D eigenvalue weighted by molar-refractivity contribution is 0.314. The minimum atomic E-state index is -3.65. The van der Waals surface area contributed by atoms with Crippen LogP contribution >= 0.6 is 11.6 Å². The molecule has 0 amide bonds. The second-order valence-electron chi connectivity index (χ2n) is 5.85. The van der Waals surface area contributed by atoms with Crippen molar-refractivity contribution in [2.24, 2.45) is 5.92 Å². The Bertz CT molecular complexity index is 577. The Morgan fingerprint density at radius 1 is 1.33 bits per heavy atom. The van der Waals surface area contributed by atoms with Gasteiger partial charge in [-0.1, -0.05) is 25.4 Å². The minimum Gasteiger partial charge on any atom is -0.398 e. The third-order valence-corrected chi connectivity index (χ3v) is 5.20. The van der Waals surface area contributed by atoms with E-state index in [1.807, 2.05) is 32.8 Å². The third kappa shape index (κ3) is 4.85. The van der Waals surface area contributed by atoms with Gasteiger partial charge >= 0.3 is 0 Å². The molecule has 0 aliphatic carbocycles. The Labute approximate surface area is 132 Å². The Morgan fingerprint density at radius 2 is 1.90 bits per heavy atom. The molecule has 0 fully saturated rings. The van der Waals surface area contributed by atoms with Crippen LogP contribution in [0.5, 0.6) is 0 Å². The van der Waals surface area contributed by atoms with Crippen molar-refractivity contribution in [1.29, 1.82) is 0 Å². The first-order valence-corrected chi connectivity index (χ1v) is 8.63. The molecule has 1 aromatic rings. The molecular weight excluding hydrogens is 310 g/mol. The molecule has 0 aromatic heterocycles. The molecule has 1 unspecified atom stereocenters. The molecule has 120 valence electrons. The van der Waals surface area contributed by atoms with Gasteiger partial charge < -0.3 is 10.6 Å². The molecule has 21 heavy (non-hydrogen) atoms. The number of nitrogens with one attached hydrogen (secondary N) is 1. The second kappa shape index (κ2) is 6.96. The summed E-state index contributed by atoms with van der Waals surface area (Å²) >= 11 is 6.03. The minimum absolute atomic E-state index is 0.0972. The molecule has 0 aliphatic heterocycles. The van der Waals surface area contributed by atoms with Gasteiger partial charge in [-0.15, -0.1) is 0 Å². The molecular formula is C14H24ClN3O2S. The van der Waals surface area contributed by atoms with Crippen molar-refractivity contribution in [3.05, 3.63) is 22.7 Å². The van der Waals surface area contributed by atoms with E-state index in [4.69, 9.17) is 17.3 Å². The van der Waals surface area contributed by atoms with E-state index in [0.717, 1.165) is 0 Å². The lowest BCUT2D eigenvalue weighted by Crippen LogP contribution is -2.44. The fourth-order valence-corrected chi connectivity index (χ4v) is 3.60. The van der Waals surface area contributed by atoms with Crippen molar-refractivity contribution in [3.63, 3.8) is 0 Å². The van der Waals surface area contributed by atoms with Crippen LogP contribution in [0.2, 0.25) is 5.02 Å². The Kier molecular flexibility index (Phi) is 6.04. The van der Waals surface area contributed by atoms with Gasteiger partial charge in [-0.3, -0.25) is 0 Å². The van der Waals surface area contributed by atoms with E-state index in [-0.39, 0.29) is 16.9 Å². The molecule has 1 atom stereocenters. The maximum Gasteiger partial charge on any atom is 0.240 e. The normalized spacial score (nSPS) is 13.9. The highest BCUT2D eigenvalue weighted by molar-refractivity contribution is 7.89. The van der Waals surface area contributed by atoms with E-state index >= 15 is 0 Å². The predicted octanol–water partition coefficient (Wildman–Crippen LogP) is 2.10. The zero-order valence-corrected chi connectivity index (χ0v) is 14.7. The van der Waals surface area contributed by atoms with Crippen LogP contribution in [0.3, 0.4) is 0 Å².